The van der Waals surface area contributed by atoms with E-state index in [1.165, 1.54) is 26.4 Å². The molecule has 0 spiro atoms. The number of ether oxygens (including phenoxy) is 3. The third-order valence-corrected chi connectivity index (χ3v) is 4.75. The van der Waals surface area contributed by atoms with Crippen LogP contribution in [-0.4, -0.2) is 36.8 Å². The fraction of sp³-hybridized carbons (Fsp3) is 0.150. The van der Waals surface area contributed by atoms with Crippen molar-refractivity contribution in [1.29, 1.82) is 5.26 Å². The van der Waals surface area contributed by atoms with Crippen LogP contribution in [-0.2, 0) is 9.53 Å². The van der Waals surface area contributed by atoms with E-state index in [1.807, 2.05) is 22.6 Å². The number of hydrogen-bond acceptors (Lipinski definition) is 6. The number of nitriles is 1. The Morgan fingerprint density at radius 2 is 2.14 bits per heavy atom. The van der Waals surface area contributed by atoms with Crippen molar-refractivity contribution in [3.05, 3.63) is 51.1 Å². The lowest BCUT2D eigenvalue weighted by Gasteiger charge is -2.13. The zero-order valence-electron chi connectivity index (χ0n) is 15.5. The Hall–Kier alpha value is -3.13. The summed E-state index contributed by atoms with van der Waals surface area (Å²) >= 11 is 2.05. The molecule has 0 aliphatic heterocycles. The summed E-state index contributed by atoms with van der Waals surface area (Å²) in [6.45, 7) is -0.253. The largest absolute Gasteiger partial charge is 0.493 e. The summed E-state index contributed by atoms with van der Waals surface area (Å²) in [5.74, 6) is 0.217. The number of carbonyl (C=O) groups excluding carboxylic acids is 1. The van der Waals surface area contributed by atoms with Gasteiger partial charge in [0.15, 0.2) is 18.1 Å². The number of benzene rings is 2. The Morgan fingerprint density at radius 1 is 1.34 bits per heavy atom. The summed E-state index contributed by atoms with van der Waals surface area (Å²) < 4.78 is 29.5. The molecule has 1 heterocycles. The predicted molar refractivity (Wildman–Crippen MR) is 113 cm³/mol. The van der Waals surface area contributed by atoms with Crippen LogP contribution in [0.15, 0.2) is 30.3 Å². The molecular weight excluding hydrogens is 492 g/mol. The molecule has 148 valence electrons. The standard InChI is InChI=1S/C20H15FIN3O4/c1-27-17-7-11(6-14(22)19(17)29-10-18(26)28-2)5-12(9-23)20-24-15-4-3-13(21)8-16(15)25-20/h3-8H,10H2,1-2H3,(H,24,25)/b12-5-. The molecule has 0 unspecified atom stereocenters. The lowest BCUT2D eigenvalue weighted by molar-refractivity contribution is -0.142. The van der Waals surface area contributed by atoms with Gasteiger partial charge in [0.1, 0.15) is 17.7 Å². The molecule has 0 saturated heterocycles. The summed E-state index contributed by atoms with van der Waals surface area (Å²) in [5.41, 5.74) is 1.99. The molecule has 0 radical (unpaired) electrons. The Labute approximate surface area is 179 Å². The number of fused-ring (bicyclic) bond motifs is 1. The van der Waals surface area contributed by atoms with E-state index in [4.69, 9.17) is 9.47 Å². The van der Waals surface area contributed by atoms with E-state index < -0.39 is 11.8 Å². The SMILES string of the molecule is COC(=O)COc1c(I)cc(/C=C(/C#N)c2nc3ccc(F)cc3[nH]2)cc1OC. The van der Waals surface area contributed by atoms with Crippen molar-refractivity contribution in [3.63, 3.8) is 0 Å². The van der Waals surface area contributed by atoms with Crippen LogP contribution < -0.4 is 9.47 Å². The van der Waals surface area contributed by atoms with Gasteiger partial charge in [0.2, 0.25) is 0 Å². The van der Waals surface area contributed by atoms with Crippen molar-refractivity contribution in [2.75, 3.05) is 20.8 Å². The fourth-order valence-corrected chi connectivity index (χ4v) is 3.36. The normalized spacial score (nSPS) is 11.2. The molecule has 7 nitrogen and oxygen atoms in total. The highest BCUT2D eigenvalue weighted by molar-refractivity contribution is 14.1. The fourth-order valence-electron chi connectivity index (χ4n) is 2.58. The van der Waals surface area contributed by atoms with Crippen LogP contribution in [0, 0.1) is 20.7 Å². The first-order valence-electron chi connectivity index (χ1n) is 8.29. The third kappa shape index (κ3) is 4.65. The number of nitrogens with zero attached hydrogens (tertiary/aromatic N) is 2. The summed E-state index contributed by atoms with van der Waals surface area (Å²) in [7, 11) is 2.75. The van der Waals surface area contributed by atoms with E-state index in [0.717, 1.165) is 0 Å². The monoisotopic (exact) mass is 507 g/mol. The molecule has 0 aliphatic rings. The number of imidazole rings is 1. The molecular formula is C20H15FIN3O4. The maximum Gasteiger partial charge on any atom is 0.343 e. The molecule has 0 fully saturated rings. The number of rotatable bonds is 6. The lowest BCUT2D eigenvalue weighted by atomic mass is 10.1. The molecule has 1 N–H and O–H groups in total. The number of methoxy groups -OCH3 is 2. The minimum Gasteiger partial charge on any atom is -0.493 e. The average Bonchev–Trinajstić information content (AvgIpc) is 3.13. The van der Waals surface area contributed by atoms with Crippen molar-refractivity contribution >= 4 is 51.2 Å². The number of halogens is 2. The number of allylic oxidation sites excluding steroid dienone is 1. The van der Waals surface area contributed by atoms with Crippen LogP contribution in [0.4, 0.5) is 4.39 Å². The van der Waals surface area contributed by atoms with Gasteiger partial charge in [-0.05, 0) is 64.6 Å². The first-order chi connectivity index (χ1) is 13.9. The number of hydrogen-bond donors (Lipinski definition) is 1. The van der Waals surface area contributed by atoms with Crippen LogP contribution in [0.25, 0.3) is 22.7 Å². The van der Waals surface area contributed by atoms with Gasteiger partial charge in [-0.1, -0.05) is 0 Å². The summed E-state index contributed by atoms with van der Waals surface area (Å²) in [6.07, 6.45) is 1.63. The first-order valence-corrected chi connectivity index (χ1v) is 9.37. The van der Waals surface area contributed by atoms with Gasteiger partial charge in [-0.25, -0.2) is 14.2 Å². The van der Waals surface area contributed by atoms with Crippen LogP contribution in [0.2, 0.25) is 0 Å². The van der Waals surface area contributed by atoms with Gasteiger partial charge in [0.05, 0.1) is 34.4 Å². The number of nitrogens with one attached hydrogen (secondary N) is 1. The second-order valence-electron chi connectivity index (χ2n) is 5.82. The van der Waals surface area contributed by atoms with Gasteiger partial charge in [0.25, 0.3) is 0 Å². The van der Waals surface area contributed by atoms with E-state index in [-0.39, 0.29) is 12.2 Å². The highest BCUT2D eigenvalue weighted by Gasteiger charge is 2.15. The van der Waals surface area contributed by atoms with Gasteiger partial charge < -0.3 is 19.2 Å². The summed E-state index contributed by atoms with van der Waals surface area (Å²) in [4.78, 5) is 18.6. The molecule has 0 amide bonds. The van der Waals surface area contributed by atoms with Crippen LogP contribution in [0.3, 0.4) is 0 Å². The van der Waals surface area contributed by atoms with E-state index in [0.29, 0.717) is 37.5 Å². The first kappa shape index (κ1) is 20.6. The highest BCUT2D eigenvalue weighted by atomic mass is 127. The molecule has 9 heteroatoms. The van der Waals surface area contributed by atoms with Gasteiger partial charge in [0, 0.05) is 0 Å². The van der Waals surface area contributed by atoms with E-state index >= 15 is 0 Å². The Balaban J connectivity index is 1.97. The summed E-state index contributed by atoms with van der Waals surface area (Å²) in [5, 5.41) is 9.58. The van der Waals surface area contributed by atoms with E-state index in [9.17, 15) is 14.4 Å². The maximum absolute atomic E-state index is 13.4. The quantitative estimate of drug-likeness (QED) is 0.309. The molecule has 3 aromatic rings. The molecule has 1 aromatic heterocycles. The molecule has 0 aliphatic carbocycles. The minimum absolute atomic E-state index is 0.253. The summed E-state index contributed by atoms with van der Waals surface area (Å²) in [6, 6.07) is 9.72. The van der Waals surface area contributed by atoms with Crippen molar-refractivity contribution in [1.82, 2.24) is 9.97 Å². The van der Waals surface area contributed by atoms with Crippen molar-refractivity contribution in [2.45, 2.75) is 0 Å². The molecule has 29 heavy (non-hydrogen) atoms. The third-order valence-electron chi connectivity index (χ3n) is 3.94. The lowest BCUT2D eigenvalue weighted by Crippen LogP contribution is -2.13. The molecule has 2 aromatic carbocycles. The van der Waals surface area contributed by atoms with Gasteiger partial charge in [-0.2, -0.15) is 5.26 Å². The van der Waals surface area contributed by atoms with E-state index in [1.54, 1.807) is 24.3 Å². The minimum atomic E-state index is -0.514. The highest BCUT2D eigenvalue weighted by Crippen LogP contribution is 2.35. The molecule has 0 atom stereocenters. The Morgan fingerprint density at radius 3 is 2.83 bits per heavy atom. The number of aromatic amines is 1. The molecule has 0 saturated carbocycles. The number of esters is 1. The second kappa shape index (κ2) is 8.91. The second-order valence-corrected chi connectivity index (χ2v) is 6.98. The number of H-pyrrole nitrogens is 1. The van der Waals surface area contributed by atoms with Gasteiger partial charge in [-0.3, -0.25) is 0 Å². The van der Waals surface area contributed by atoms with Gasteiger partial charge in [-0.15, -0.1) is 0 Å². The van der Waals surface area contributed by atoms with Gasteiger partial charge >= 0.3 is 5.97 Å². The Kier molecular flexibility index (Phi) is 6.33. The van der Waals surface area contributed by atoms with Crippen LogP contribution >= 0.6 is 22.6 Å². The number of carbonyl (C=O) groups is 1. The molecule has 0 bridgehead atoms. The van der Waals surface area contributed by atoms with Crippen molar-refractivity contribution < 1.29 is 23.4 Å². The average molecular weight is 507 g/mol. The Bertz CT molecular complexity index is 1150. The van der Waals surface area contributed by atoms with Crippen LogP contribution in [0.1, 0.15) is 11.4 Å². The van der Waals surface area contributed by atoms with Crippen molar-refractivity contribution in [3.8, 4) is 17.6 Å². The zero-order valence-corrected chi connectivity index (χ0v) is 17.6. The van der Waals surface area contributed by atoms with Crippen molar-refractivity contribution in [2.24, 2.45) is 0 Å². The topological polar surface area (TPSA) is 97.2 Å². The smallest absolute Gasteiger partial charge is 0.343 e. The molecule has 3 rings (SSSR count). The van der Waals surface area contributed by atoms with E-state index in [2.05, 4.69) is 20.8 Å². The maximum atomic E-state index is 13.4. The predicted octanol–water partition coefficient (Wildman–Crippen LogP) is 3.93. The zero-order chi connectivity index (χ0) is 21.0. The number of aromatic nitrogens is 2. The van der Waals surface area contributed by atoms with Crippen LogP contribution in [0.5, 0.6) is 11.5 Å².